The first-order valence-electron chi connectivity index (χ1n) is 12.0. The van der Waals surface area contributed by atoms with Gasteiger partial charge in [0, 0.05) is 43.3 Å². The van der Waals surface area contributed by atoms with Gasteiger partial charge in [-0.05, 0) is 30.3 Å². The van der Waals surface area contributed by atoms with Crippen LogP contribution in [0.5, 0.6) is 0 Å². The zero-order valence-corrected chi connectivity index (χ0v) is 22.2. The van der Waals surface area contributed by atoms with Crippen molar-refractivity contribution < 1.29 is 18.1 Å². The van der Waals surface area contributed by atoms with Gasteiger partial charge in [0.2, 0.25) is 0 Å². The summed E-state index contributed by atoms with van der Waals surface area (Å²) in [5, 5.41) is 11.6. The minimum Gasteiger partial charge on any atom is -0.368 e. The van der Waals surface area contributed by atoms with Gasteiger partial charge in [-0.1, -0.05) is 54.1 Å². The number of likely N-dealkylation sites (N-methyl/N-ethyl adjacent to an activating group) is 1. The number of carbonyl (C=O) groups is 1. The van der Waals surface area contributed by atoms with E-state index < -0.39 is 21.0 Å². The Hall–Kier alpha value is -3.67. The first-order chi connectivity index (χ1) is 18.1. The van der Waals surface area contributed by atoms with Crippen LogP contribution in [0.2, 0.25) is 5.02 Å². The monoisotopic (exact) mass is 555 g/mol. The normalized spacial score (nSPS) is 17.4. The molecule has 12 heteroatoms. The standard InChI is InChI=1S/C26H26ClN5O5S/c1-28-10-12-29(13-11-28)23-15-21(27)16-24-25(23)38(36,37)31(18-20-8-5-9-22(14-20)32(34)35)26(33)30(24)17-19-6-3-2-4-7-19/h2-9,14-16H,10-13,17-18H2,1H3. The van der Waals surface area contributed by atoms with Crippen LogP contribution in [-0.4, -0.2) is 61.8 Å². The van der Waals surface area contributed by atoms with Crippen LogP contribution in [0.15, 0.2) is 71.6 Å². The second-order valence-corrected chi connectivity index (χ2v) is 11.6. The van der Waals surface area contributed by atoms with E-state index in [9.17, 15) is 23.3 Å². The Labute approximate surface area is 225 Å². The molecule has 0 N–H and O–H groups in total. The lowest BCUT2D eigenvalue weighted by molar-refractivity contribution is -0.384. The highest BCUT2D eigenvalue weighted by atomic mass is 35.5. The van der Waals surface area contributed by atoms with Crippen molar-refractivity contribution in [1.82, 2.24) is 9.21 Å². The van der Waals surface area contributed by atoms with Gasteiger partial charge in [-0.25, -0.2) is 17.5 Å². The summed E-state index contributed by atoms with van der Waals surface area (Å²) in [6.07, 6.45) is 0. The van der Waals surface area contributed by atoms with Crippen molar-refractivity contribution in [3.05, 3.63) is 93.0 Å². The molecular formula is C26H26ClN5O5S. The van der Waals surface area contributed by atoms with Crippen molar-refractivity contribution >= 4 is 44.7 Å². The molecule has 0 unspecified atom stereocenters. The predicted molar refractivity (Wildman–Crippen MR) is 145 cm³/mol. The van der Waals surface area contributed by atoms with Gasteiger partial charge in [-0.2, -0.15) is 0 Å². The molecule has 0 aliphatic carbocycles. The Morgan fingerprint density at radius 3 is 2.24 bits per heavy atom. The van der Waals surface area contributed by atoms with Gasteiger partial charge in [-0.3, -0.25) is 15.0 Å². The molecule has 2 amide bonds. The summed E-state index contributed by atoms with van der Waals surface area (Å²) in [6.45, 7) is 2.44. The van der Waals surface area contributed by atoms with E-state index in [2.05, 4.69) is 4.90 Å². The molecular weight excluding hydrogens is 530 g/mol. The molecule has 3 aromatic carbocycles. The van der Waals surface area contributed by atoms with Gasteiger partial charge in [-0.15, -0.1) is 0 Å². The van der Waals surface area contributed by atoms with Gasteiger partial charge in [0.15, 0.2) is 0 Å². The Morgan fingerprint density at radius 1 is 0.895 bits per heavy atom. The predicted octanol–water partition coefficient (Wildman–Crippen LogP) is 4.33. The molecule has 2 aliphatic rings. The lowest BCUT2D eigenvalue weighted by Gasteiger charge is -2.40. The number of urea groups is 1. The fourth-order valence-electron chi connectivity index (χ4n) is 4.77. The average molecular weight is 556 g/mol. The number of sulfonamides is 1. The molecule has 0 saturated carbocycles. The number of nitro groups is 1. The van der Waals surface area contributed by atoms with Gasteiger partial charge >= 0.3 is 6.03 Å². The van der Waals surface area contributed by atoms with Crippen molar-refractivity contribution in [2.45, 2.75) is 18.0 Å². The number of benzene rings is 3. The Balaban J connectivity index is 1.65. The summed E-state index contributed by atoms with van der Waals surface area (Å²) < 4.78 is 29.1. The quantitative estimate of drug-likeness (QED) is 0.329. The Bertz CT molecular complexity index is 1490. The number of amides is 2. The highest BCUT2D eigenvalue weighted by Gasteiger charge is 2.44. The van der Waals surface area contributed by atoms with E-state index in [0.29, 0.717) is 29.4 Å². The van der Waals surface area contributed by atoms with E-state index in [1.807, 2.05) is 42.3 Å². The highest BCUT2D eigenvalue weighted by molar-refractivity contribution is 7.90. The minimum atomic E-state index is -4.34. The lowest BCUT2D eigenvalue weighted by Crippen LogP contribution is -2.51. The van der Waals surface area contributed by atoms with E-state index in [1.165, 1.54) is 29.2 Å². The van der Waals surface area contributed by atoms with Crippen LogP contribution in [-0.2, 0) is 23.1 Å². The minimum absolute atomic E-state index is 0.00687. The molecule has 0 atom stereocenters. The number of nitrogens with zero attached hydrogens (tertiary/aromatic N) is 5. The smallest absolute Gasteiger partial charge is 0.339 e. The van der Waals surface area contributed by atoms with Crippen LogP contribution in [0.1, 0.15) is 11.1 Å². The molecule has 0 spiro atoms. The summed E-state index contributed by atoms with van der Waals surface area (Å²) in [6, 6.07) is 17.3. The van der Waals surface area contributed by atoms with E-state index in [1.54, 1.807) is 12.1 Å². The van der Waals surface area contributed by atoms with E-state index >= 15 is 0 Å². The maximum absolute atomic E-state index is 14.1. The van der Waals surface area contributed by atoms with Gasteiger partial charge in [0.05, 0.1) is 29.4 Å². The maximum Gasteiger partial charge on any atom is 0.339 e. The topological polar surface area (TPSA) is 107 Å². The van der Waals surface area contributed by atoms with Crippen molar-refractivity contribution in [2.24, 2.45) is 0 Å². The Morgan fingerprint density at radius 2 is 1.55 bits per heavy atom. The number of hydrogen-bond acceptors (Lipinski definition) is 7. The first kappa shape index (κ1) is 26.0. The molecule has 1 fully saturated rings. The van der Waals surface area contributed by atoms with Crippen molar-refractivity contribution in [2.75, 3.05) is 43.0 Å². The number of rotatable bonds is 6. The highest BCUT2D eigenvalue weighted by Crippen LogP contribution is 2.44. The molecule has 2 heterocycles. The van der Waals surface area contributed by atoms with Gasteiger partial charge in [0.1, 0.15) is 4.90 Å². The third kappa shape index (κ3) is 4.92. The number of halogens is 1. The van der Waals surface area contributed by atoms with Crippen LogP contribution in [0, 0.1) is 10.1 Å². The fraction of sp³-hybridized carbons (Fsp3) is 0.269. The average Bonchev–Trinajstić information content (AvgIpc) is 2.90. The second-order valence-electron chi connectivity index (χ2n) is 9.36. The molecule has 2 aliphatic heterocycles. The SMILES string of the molecule is CN1CCN(c2cc(Cl)cc3c2S(=O)(=O)N(Cc2cccc([N+](=O)[O-])c2)C(=O)N3Cc2ccccc2)CC1. The van der Waals surface area contributed by atoms with E-state index in [0.717, 1.165) is 23.0 Å². The summed E-state index contributed by atoms with van der Waals surface area (Å²) in [4.78, 5) is 30.2. The third-order valence-electron chi connectivity index (χ3n) is 6.77. The molecule has 0 radical (unpaired) electrons. The third-order valence-corrected chi connectivity index (χ3v) is 8.79. The molecule has 5 rings (SSSR count). The summed E-state index contributed by atoms with van der Waals surface area (Å²) in [7, 11) is -2.34. The molecule has 0 bridgehead atoms. The van der Waals surface area contributed by atoms with Crippen LogP contribution < -0.4 is 9.80 Å². The summed E-state index contributed by atoms with van der Waals surface area (Å²) in [5.74, 6) is 0. The molecule has 10 nitrogen and oxygen atoms in total. The second kappa shape index (κ2) is 10.2. The number of anilines is 2. The van der Waals surface area contributed by atoms with Crippen molar-refractivity contribution in [3.8, 4) is 0 Å². The van der Waals surface area contributed by atoms with Crippen LogP contribution in [0.3, 0.4) is 0 Å². The van der Waals surface area contributed by atoms with Crippen molar-refractivity contribution in [1.29, 1.82) is 0 Å². The molecule has 3 aromatic rings. The number of hydrogen-bond donors (Lipinski definition) is 0. The van der Waals surface area contributed by atoms with Crippen LogP contribution in [0.4, 0.5) is 21.9 Å². The zero-order chi connectivity index (χ0) is 27.0. The lowest BCUT2D eigenvalue weighted by atomic mass is 10.1. The number of piperazine rings is 1. The maximum atomic E-state index is 14.1. The molecule has 38 heavy (non-hydrogen) atoms. The number of non-ortho nitro benzene ring substituents is 1. The Kier molecular flexibility index (Phi) is 6.99. The number of nitro benzene ring substituents is 1. The van der Waals surface area contributed by atoms with E-state index in [-0.39, 0.29) is 29.4 Å². The summed E-state index contributed by atoms with van der Waals surface area (Å²) in [5.41, 5.74) is 1.61. The van der Waals surface area contributed by atoms with Gasteiger partial charge in [0.25, 0.3) is 15.7 Å². The van der Waals surface area contributed by atoms with Gasteiger partial charge < -0.3 is 9.80 Å². The largest absolute Gasteiger partial charge is 0.368 e. The van der Waals surface area contributed by atoms with E-state index in [4.69, 9.17) is 11.6 Å². The first-order valence-corrected chi connectivity index (χ1v) is 13.9. The number of carbonyl (C=O) groups excluding carboxylic acids is 1. The molecule has 198 valence electrons. The zero-order valence-electron chi connectivity index (χ0n) is 20.7. The fourth-order valence-corrected chi connectivity index (χ4v) is 6.70. The number of fused-ring (bicyclic) bond motifs is 1. The van der Waals surface area contributed by atoms with Crippen LogP contribution >= 0.6 is 11.6 Å². The van der Waals surface area contributed by atoms with Crippen LogP contribution in [0.25, 0.3) is 0 Å². The van der Waals surface area contributed by atoms with Crippen molar-refractivity contribution in [3.63, 3.8) is 0 Å². The summed E-state index contributed by atoms with van der Waals surface area (Å²) >= 11 is 6.50. The molecule has 0 aromatic heterocycles. The molecule has 1 saturated heterocycles.